The summed E-state index contributed by atoms with van der Waals surface area (Å²) in [6.45, 7) is 3.33. The van der Waals surface area contributed by atoms with Crippen LogP contribution in [-0.2, 0) is 9.53 Å². The van der Waals surface area contributed by atoms with Gasteiger partial charge >= 0.3 is 5.97 Å². The molecule has 2 unspecified atom stereocenters. The van der Waals surface area contributed by atoms with Gasteiger partial charge in [0.15, 0.2) is 6.10 Å². The number of ether oxygens (including phenoxy) is 1. The van der Waals surface area contributed by atoms with Gasteiger partial charge in [0.25, 0.3) is 0 Å². The fourth-order valence-electron chi connectivity index (χ4n) is 1.57. The Labute approximate surface area is 75.9 Å². The highest BCUT2D eigenvalue weighted by molar-refractivity contribution is 5.73. The molecule has 3 N–H and O–H groups in total. The molecule has 1 heterocycles. The highest BCUT2D eigenvalue weighted by atomic mass is 16.5. The van der Waals surface area contributed by atoms with Crippen LogP contribution in [0.1, 0.15) is 20.3 Å². The van der Waals surface area contributed by atoms with E-state index in [2.05, 4.69) is 0 Å². The van der Waals surface area contributed by atoms with Crippen molar-refractivity contribution in [2.45, 2.75) is 37.6 Å². The molecule has 76 valence electrons. The molecule has 13 heavy (non-hydrogen) atoms. The molecule has 0 aromatic rings. The number of hydrogen-bond acceptors (Lipinski definition) is 4. The average Bonchev–Trinajstić information content (AvgIpc) is 2.25. The lowest BCUT2D eigenvalue weighted by atomic mass is 9.89. The predicted molar refractivity (Wildman–Crippen MR) is 43.2 cm³/mol. The molecule has 1 aliphatic heterocycles. The summed E-state index contributed by atoms with van der Waals surface area (Å²) in [6.07, 6.45) is -1.66. The number of aliphatic carboxylic acids is 1. The van der Waals surface area contributed by atoms with Gasteiger partial charge in [-0.05, 0) is 13.8 Å². The van der Waals surface area contributed by atoms with Gasteiger partial charge in [0.05, 0.1) is 12.2 Å². The average molecular weight is 190 g/mol. The Morgan fingerprint density at radius 1 is 1.54 bits per heavy atom. The number of carboxylic acids is 1. The van der Waals surface area contributed by atoms with E-state index < -0.39 is 23.3 Å². The molecular formula is C8H14O5. The molecule has 1 fully saturated rings. The van der Waals surface area contributed by atoms with Crippen LogP contribution in [0.3, 0.4) is 0 Å². The van der Waals surface area contributed by atoms with Crippen LogP contribution in [0.15, 0.2) is 0 Å². The number of hydrogen-bond donors (Lipinski definition) is 3. The minimum Gasteiger partial charge on any atom is -0.479 e. The van der Waals surface area contributed by atoms with Crippen LogP contribution in [0.4, 0.5) is 0 Å². The Morgan fingerprint density at radius 2 is 2.08 bits per heavy atom. The largest absolute Gasteiger partial charge is 0.479 e. The van der Waals surface area contributed by atoms with E-state index >= 15 is 0 Å². The van der Waals surface area contributed by atoms with Crippen LogP contribution >= 0.6 is 0 Å². The topological polar surface area (TPSA) is 87.0 Å². The lowest BCUT2D eigenvalue weighted by molar-refractivity contribution is -0.163. The van der Waals surface area contributed by atoms with Gasteiger partial charge in [-0.15, -0.1) is 0 Å². The minimum atomic E-state index is -1.78. The summed E-state index contributed by atoms with van der Waals surface area (Å²) < 4.78 is 5.15. The minimum absolute atomic E-state index is 0.119. The first-order chi connectivity index (χ1) is 5.77. The SMILES string of the molecule is CC1(C)CC(O)(C(O)C(=O)O)CO1. The van der Waals surface area contributed by atoms with Gasteiger partial charge < -0.3 is 20.1 Å². The summed E-state index contributed by atoms with van der Waals surface area (Å²) in [4.78, 5) is 10.4. The molecule has 2 atom stereocenters. The molecule has 0 aliphatic carbocycles. The molecule has 0 aromatic heterocycles. The zero-order valence-corrected chi connectivity index (χ0v) is 7.65. The van der Waals surface area contributed by atoms with Crippen molar-refractivity contribution in [3.05, 3.63) is 0 Å². The Bertz CT molecular complexity index is 225. The molecule has 0 spiro atoms. The monoisotopic (exact) mass is 190 g/mol. The van der Waals surface area contributed by atoms with Gasteiger partial charge in [0, 0.05) is 6.42 Å². The molecule has 0 saturated carbocycles. The normalized spacial score (nSPS) is 34.5. The zero-order valence-electron chi connectivity index (χ0n) is 7.65. The van der Waals surface area contributed by atoms with E-state index in [1.54, 1.807) is 13.8 Å². The molecule has 5 heteroatoms. The van der Waals surface area contributed by atoms with Crippen molar-refractivity contribution >= 4 is 5.97 Å². The standard InChI is InChI=1S/C8H14O5/c1-7(2)3-8(12,4-13-7)5(9)6(10)11/h5,9,12H,3-4H2,1-2H3,(H,10,11). The van der Waals surface area contributed by atoms with Gasteiger partial charge in [-0.3, -0.25) is 0 Å². The van der Waals surface area contributed by atoms with E-state index in [1.807, 2.05) is 0 Å². The number of aliphatic hydroxyl groups excluding tert-OH is 1. The van der Waals surface area contributed by atoms with Gasteiger partial charge in [0.2, 0.25) is 0 Å². The third-order valence-corrected chi connectivity index (χ3v) is 2.19. The Kier molecular flexibility index (Phi) is 2.36. The van der Waals surface area contributed by atoms with E-state index in [0.717, 1.165) is 0 Å². The molecular weight excluding hydrogens is 176 g/mol. The van der Waals surface area contributed by atoms with Gasteiger partial charge in [-0.2, -0.15) is 0 Å². The molecule has 1 saturated heterocycles. The van der Waals surface area contributed by atoms with E-state index in [1.165, 1.54) is 0 Å². The fraction of sp³-hybridized carbons (Fsp3) is 0.875. The molecule has 0 amide bonds. The van der Waals surface area contributed by atoms with E-state index in [0.29, 0.717) is 0 Å². The summed E-state index contributed by atoms with van der Waals surface area (Å²) in [5.74, 6) is -1.43. The fourth-order valence-corrected chi connectivity index (χ4v) is 1.57. The summed E-state index contributed by atoms with van der Waals surface area (Å²) in [5, 5.41) is 27.4. The second-order valence-corrected chi connectivity index (χ2v) is 4.07. The number of carbonyl (C=O) groups is 1. The van der Waals surface area contributed by atoms with Crippen molar-refractivity contribution in [1.82, 2.24) is 0 Å². The molecule has 5 nitrogen and oxygen atoms in total. The van der Waals surface area contributed by atoms with Crippen molar-refractivity contribution in [3.8, 4) is 0 Å². The first-order valence-corrected chi connectivity index (χ1v) is 4.04. The van der Waals surface area contributed by atoms with Crippen LogP contribution in [-0.4, -0.2) is 45.2 Å². The first-order valence-electron chi connectivity index (χ1n) is 4.04. The van der Waals surface area contributed by atoms with Crippen LogP contribution in [0.2, 0.25) is 0 Å². The van der Waals surface area contributed by atoms with Crippen molar-refractivity contribution in [3.63, 3.8) is 0 Å². The third kappa shape index (κ3) is 1.99. The lowest BCUT2D eigenvalue weighted by Gasteiger charge is -2.24. The smallest absolute Gasteiger partial charge is 0.335 e. The molecule has 0 radical (unpaired) electrons. The van der Waals surface area contributed by atoms with E-state index in [4.69, 9.17) is 9.84 Å². The number of rotatable bonds is 2. The van der Waals surface area contributed by atoms with Crippen molar-refractivity contribution in [1.29, 1.82) is 0 Å². The third-order valence-electron chi connectivity index (χ3n) is 2.19. The van der Waals surface area contributed by atoms with Crippen LogP contribution in [0, 0.1) is 0 Å². The van der Waals surface area contributed by atoms with Gasteiger partial charge in [-0.1, -0.05) is 0 Å². The van der Waals surface area contributed by atoms with Gasteiger partial charge in [0.1, 0.15) is 5.60 Å². The zero-order chi connectivity index (χ0) is 10.3. The highest BCUT2D eigenvalue weighted by Gasteiger charge is 2.50. The molecule has 0 aromatic carbocycles. The Morgan fingerprint density at radius 3 is 2.38 bits per heavy atom. The maximum atomic E-state index is 10.4. The van der Waals surface area contributed by atoms with Crippen molar-refractivity contribution in [2.75, 3.05) is 6.61 Å². The Hall–Kier alpha value is -0.650. The van der Waals surface area contributed by atoms with E-state index in [9.17, 15) is 15.0 Å². The van der Waals surface area contributed by atoms with E-state index in [-0.39, 0.29) is 13.0 Å². The highest BCUT2D eigenvalue weighted by Crippen LogP contribution is 2.34. The summed E-state index contributed by atoms with van der Waals surface area (Å²) >= 11 is 0. The molecule has 1 aliphatic rings. The van der Waals surface area contributed by atoms with Crippen LogP contribution in [0.5, 0.6) is 0 Å². The quantitative estimate of drug-likeness (QED) is 0.539. The van der Waals surface area contributed by atoms with Crippen molar-refractivity contribution in [2.24, 2.45) is 0 Å². The lowest BCUT2D eigenvalue weighted by Crippen LogP contribution is -2.48. The summed E-state index contributed by atoms with van der Waals surface area (Å²) in [7, 11) is 0. The van der Waals surface area contributed by atoms with Crippen LogP contribution < -0.4 is 0 Å². The predicted octanol–water partition coefficient (Wildman–Crippen LogP) is -0.638. The maximum Gasteiger partial charge on any atom is 0.335 e. The maximum absolute atomic E-state index is 10.4. The summed E-state index contributed by atoms with van der Waals surface area (Å²) in [6, 6.07) is 0. The molecule has 0 bridgehead atoms. The van der Waals surface area contributed by atoms with Gasteiger partial charge in [-0.25, -0.2) is 4.79 Å². The molecule has 1 rings (SSSR count). The van der Waals surface area contributed by atoms with Crippen molar-refractivity contribution < 1.29 is 24.9 Å². The Balaban J connectivity index is 2.75. The van der Waals surface area contributed by atoms with Crippen LogP contribution in [0.25, 0.3) is 0 Å². The number of carboxylic acid groups (broad SMARTS) is 1. The second-order valence-electron chi connectivity index (χ2n) is 4.07. The first kappa shape index (κ1) is 10.4. The second kappa shape index (κ2) is 2.94. The summed E-state index contributed by atoms with van der Waals surface area (Å²) in [5.41, 5.74) is -2.24. The number of aliphatic hydroxyl groups is 2.